The summed E-state index contributed by atoms with van der Waals surface area (Å²) in [5.41, 5.74) is 4.94. The quantitative estimate of drug-likeness (QED) is 0.451. The molecule has 0 saturated heterocycles. The summed E-state index contributed by atoms with van der Waals surface area (Å²) >= 11 is 0. The average Bonchev–Trinajstić information content (AvgIpc) is 2.27. The maximum Gasteiger partial charge on any atom is 0.331 e. The van der Waals surface area contributed by atoms with E-state index in [1.165, 1.54) is 0 Å². The molecule has 1 amide bonds. The van der Waals surface area contributed by atoms with E-state index in [0.29, 0.717) is 26.1 Å². The van der Waals surface area contributed by atoms with Gasteiger partial charge in [-0.1, -0.05) is 0 Å². The van der Waals surface area contributed by atoms with Gasteiger partial charge in [-0.25, -0.2) is 4.79 Å². The standard InChI is InChI=1S/C12H21NO5/c1-3-17-11(18-4-2)7-5-6-9(12(15)16)8-10(13)14/h8,11H,3-7H2,1-2H3,(H2,13,14)(H,15,16)/b9-8-. The van der Waals surface area contributed by atoms with E-state index in [1.54, 1.807) is 0 Å². The number of hydrogen-bond acceptors (Lipinski definition) is 4. The molecule has 0 bridgehead atoms. The number of carbonyl (C=O) groups is 2. The van der Waals surface area contributed by atoms with Crippen LogP contribution in [0.25, 0.3) is 0 Å². The molecule has 104 valence electrons. The van der Waals surface area contributed by atoms with Gasteiger partial charge in [0.2, 0.25) is 5.91 Å². The number of carbonyl (C=O) groups excluding carboxylic acids is 1. The van der Waals surface area contributed by atoms with Gasteiger partial charge in [-0.3, -0.25) is 4.79 Å². The van der Waals surface area contributed by atoms with Crippen LogP contribution in [-0.2, 0) is 19.1 Å². The summed E-state index contributed by atoms with van der Waals surface area (Å²) in [6, 6.07) is 0. The number of carboxylic acid groups (broad SMARTS) is 1. The molecule has 6 nitrogen and oxygen atoms in total. The lowest BCUT2D eigenvalue weighted by atomic mass is 10.1. The molecule has 0 aromatic heterocycles. The van der Waals surface area contributed by atoms with Gasteiger partial charge in [-0.05, 0) is 33.1 Å². The lowest BCUT2D eigenvalue weighted by molar-refractivity contribution is -0.140. The predicted octanol–water partition coefficient (Wildman–Crippen LogP) is 1.05. The zero-order valence-electron chi connectivity index (χ0n) is 10.8. The second-order valence-corrected chi connectivity index (χ2v) is 3.61. The number of hydrogen-bond donors (Lipinski definition) is 2. The lowest BCUT2D eigenvalue weighted by Gasteiger charge is -2.16. The third-order valence-corrected chi connectivity index (χ3v) is 2.18. The summed E-state index contributed by atoms with van der Waals surface area (Å²) in [6.07, 6.45) is 2.00. The van der Waals surface area contributed by atoms with E-state index >= 15 is 0 Å². The van der Waals surface area contributed by atoms with Gasteiger partial charge < -0.3 is 20.3 Å². The van der Waals surface area contributed by atoms with Crippen LogP contribution in [0.5, 0.6) is 0 Å². The molecule has 3 N–H and O–H groups in total. The van der Waals surface area contributed by atoms with Crippen molar-refractivity contribution >= 4 is 11.9 Å². The highest BCUT2D eigenvalue weighted by atomic mass is 16.7. The van der Waals surface area contributed by atoms with Crippen molar-refractivity contribution < 1.29 is 24.2 Å². The second kappa shape index (κ2) is 9.61. The van der Waals surface area contributed by atoms with Crippen LogP contribution in [0, 0.1) is 0 Å². The maximum absolute atomic E-state index is 10.8. The molecule has 0 aromatic carbocycles. The third kappa shape index (κ3) is 7.81. The molecule has 0 radical (unpaired) electrons. The van der Waals surface area contributed by atoms with E-state index in [-0.39, 0.29) is 18.3 Å². The Morgan fingerprint density at radius 2 is 1.83 bits per heavy atom. The van der Waals surface area contributed by atoms with Crippen molar-refractivity contribution in [2.24, 2.45) is 5.73 Å². The molecule has 18 heavy (non-hydrogen) atoms. The summed E-state index contributed by atoms with van der Waals surface area (Å²) in [5, 5.41) is 8.86. The predicted molar refractivity (Wildman–Crippen MR) is 65.8 cm³/mol. The number of rotatable bonds is 10. The molecule has 0 aromatic rings. The maximum atomic E-state index is 10.8. The largest absolute Gasteiger partial charge is 0.478 e. The topological polar surface area (TPSA) is 98.9 Å². The van der Waals surface area contributed by atoms with Crippen molar-refractivity contribution in [1.82, 2.24) is 0 Å². The highest BCUT2D eigenvalue weighted by molar-refractivity contribution is 5.96. The molecule has 0 saturated carbocycles. The molecule has 0 fully saturated rings. The Kier molecular flexibility index (Phi) is 8.86. The number of nitrogens with two attached hydrogens (primary N) is 1. The molecule has 0 spiro atoms. The summed E-state index contributed by atoms with van der Waals surface area (Å²) < 4.78 is 10.7. The molecule has 6 heteroatoms. The number of aliphatic carboxylic acids is 1. The number of amides is 1. The molecular weight excluding hydrogens is 238 g/mol. The Morgan fingerprint density at radius 3 is 2.22 bits per heavy atom. The molecule has 0 aliphatic heterocycles. The van der Waals surface area contributed by atoms with Gasteiger partial charge in [0.1, 0.15) is 0 Å². The van der Waals surface area contributed by atoms with Crippen molar-refractivity contribution in [1.29, 1.82) is 0 Å². The minimum Gasteiger partial charge on any atom is -0.478 e. The number of primary amides is 1. The number of carboxylic acids is 1. The Bertz CT molecular complexity index is 295. The Morgan fingerprint density at radius 1 is 1.28 bits per heavy atom. The first-order valence-corrected chi connectivity index (χ1v) is 5.97. The Hall–Kier alpha value is -1.40. The summed E-state index contributed by atoms with van der Waals surface area (Å²) in [7, 11) is 0. The average molecular weight is 259 g/mol. The monoisotopic (exact) mass is 259 g/mol. The molecule has 0 unspecified atom stereocenters. The van der Waals surface area contributed by atoms with E-state index in [0.717, 1.165) is 6.08 Å². The molecule has 0 aliphatic rings. The van der Waals surface area contributed by atoms with E-state index in [1.807, 2.05) is 13.8 Å². The second-order valence-electron chi connectivity index (χ2n) is 3.61. The van der Waals surface area contributed by atoms with Crippen molar-refractivity contribution in [2.45, 2.75) is 39.4 Å². The minimum atomic E-state index is -1.13. The van der Waals surface area contributed by atoms with Crippen molar-refractivity contribution in [3.8, 4) is 0 Å². The van der Waals surface area contributed by atoms with Gasteiger partial charge in [0.05, 0.1) is 0 Å². The van der Waals surface area contributed by atoms with Crippen LogP contribution >= 0.6 is 0 Å². The lowest BCUT2D eigenvalue weighted by Crippen LogP contribution is -2.17. The summed E-state index contributed by atoms with van der Waals surface area (Å²) in [4.78, 5) is 21.5. The Balaban J connectivity index is 4.19. The summed E-state index contributed by atoms with van der Waals surface area (Å²) in [5.74, 6) is -1.88. The smallest absolute Gasteiger partial charge is 0.331 e. The van der Waals surface area contributed by atoms with Crippen molar-refractivity contribution in [2.75, 3.05) is 13.2 Å². The fourth-order valence-electron chi connectivity index (χ4n) is 1.46. The molecule has 0 aliphatic carbocycles. The normalized spacial score (nSPS) is 11.8. The van der Waals surface area contributed by atoms with Gasteiger partial charge >= 0.3 is 5.97 Å². The van der Waals surface area contributed by atoms with Gasteiger partial charge in [0.25, 0.3) is 0 Å². The van der Waals surface area contributed by atoms with Crippen LogP contribution in [0.1, 0.15) is 33.1 Å². The highest BCUT2D eigenvalue weighted by Crippen LogP contribution is 2.12. The van der Waals surface area contributed by atoms with Crippen molar-refractivity contribution in [3.05, 3.63) is 11.6 Å². The van der Waals surface area contributed by atoms with Gasteiger partial charge in [0.15, 0.2) is 6.29 Å². The zero-order chi connectivity index (χ0) is 14.0. The fraction of sp³-hybridized carbons (Fsp3) is 0.667. The van der Waals surface area contributed by atoms with Crippen molar-refractivity contribution in [3.63, 3.8) is 0 Å². The van der Waals surface area contributed by atoms with E-state index < -0.39 is 11.9 Å². The zero-order valence-corrected chi connectivity index (χ0v) is 10.8. The fourth-order valence-corrected chi connectivity index (χ4v) is 1.46. The minimum absolute atomic E-state index is 0.00856. The molecule has 0 atom stereocenters. The van der Waals surface area contributed by atoms with Gasteiger partial charge in [-0.15, -0.1) is 0 Å². The highest BCUT2D eigenvalue weighted by Gasteiger charge is 2.12. The van der Waals surface area contributed by atoms with Crippen LogP contribution in [0.4, 0.5) is 0 Å². The van der Waals surface area contributed by atoms with Crippen LogP contribution in [-0.4, -0.2) is 36.5 Å². The molecular formula is C12H21NO5. The molecule has 0 heterocycles. The van der Waals surface area contributed by atoms with Crippen LogP contribution < -0.4 is 5.73 Å². The third-order valence-electron chi connectivity index (χ3n) is 2.18. The first-order valence-electron chi connectivity index (χ1n) is 5.97. The van der Waals surface area contributed by atoms with Crippen LogP contribution in [0.2, 0.25) is 0 Å². The SMILES string of the molecule is CCOC(CCC/C(=C/C(N)=O)C(=O)O)OCC. The van der Waals surface area contributed by atoms with E-state index in [4.69, 9.17) is 20.3 Å². The summed E-state index contributed by atoms with van der Waals surface area (Å²) in [6.45, 7) is 4.80. The first-order chi connectivity index (χ1) is 8.51. The van der Waals surface area contributed by atoms with Crippen LogP contribution in [0.3, 0.4) is 0 Å². The van der Waals surface area contributed by atoms with E-state index in [2.05, 4.69) is 0 Å². The van der Waals surface area contributed by atoms with E-state index in [9.17, 15) is 9.59 Å². The van der Waals surface area contributed by atoms with Gasteiger partial charge in [0, 0.05) is 24.9 Å². The van der Waals surface area contributed by atoms with Crippen LogP contribution in [0.15, 0.2) is 11.6 Å². The van der Waals surface area contributed by atoms with Gasteiger partial charge in [-0.2, -0.15) is 0 Å². The number of ether oxygens (including phenoxy) is 2. The molecule has 0 rings (SSSR count). The first kappa shape index (κ1) is 16.6. The Labute approximate surface area is 107 Å².